The highest BCUT2D eigenvalue weighted by molar-refractivity contribution is 5.89. The molecule has 2 aromatic rings. The molecule has 0 saturated carbocycles. The first-order valence-electron chi connectivity index (χ1n) is 8.79. The van der Waals surface area contributed by atoms with Gasteiger partial charge in [0.15, 0.2) is 0 Å². The van der Waals surface area contributed by atoms with E-state index in [1.165, 1.54) is 0 Å². The molecule has 0 spiro atoms. The minimum absolute atomic E-state index is 0.00392. The molecule has 1 fully saturated rings. The van der Waals surface area contributed by atoms with E-state index in [-0.39, 0.29) is 24.2 Å². The second-order valence-electron chi connectivity index (χ2n) is 6.70. The Labute approximate surface area is 154 Å². The summed E-state index contributed by atoms with van der Waals surface area (Å²) < 4.78 is 5.43. The normalized spacial score (nSPS) is 16.2. The van der Waals surface area contributed by atoms with Crippen molar-refractivity contribution in [2.75, 3.05) is 13.7 Å². The van der Waals surface area contributed by atoms with Crippen LogP contribution in [-0.4, -0.2) is 30.4 Å². The molecular weight excluding hydrogens is 328 g/mol. The lowest BCUT2D eigenvalue weighted by molar-refractivity contribution is -0.137. The zero-order chi connectivity index (χ0) is 18.5. The second kappa shape index (κ2) is 8.04. The minimum Gasteiger partial charge on any atom is -0.496 e. The lowest BCUT2D eigenvalue weighted by Gasteiger charge is -2.26. The van der Waals surface area contributed by atoms with E-state index in [1.54, 1.807) is 7.11 Å². The summed E-state index contributed by atoms with van der Waals surface area (Å²) in [5, 5.41) is 2.75. The molecule has 1 aliphatic heterocycles. The van der Waals surface area contributed by atoms with Crippen LogP contribution in [0.1, 0.15) is 23.1 Å². The number of amides is 2. The molecule has 0 radical (unpaired) electrons. The molecular formula is C21H24N2O3. The zero-order valence-corrected chi connectivity index (χ0v) is 15.2. The van der Waals surface area contributed by atoms with Crippen LogP contribution < -0.4 is 10.1 Å². The first-order valence-corrected chi connectivity index (χ1v) is 8.79. The number of aryl methyl sites for hydroxylation is 1. The topological polar surface area (TPSA) is 58.6 Å². The number of ether oxygens (including phenoxy) is 1. The highest BCUT2D eigenvalue weighted by Gasteiger charge is 2.31. The zero-order valence-electron chi connectivity index (χ0n) is 15.2. The van der Waals surface area contributed by atoms with Crippen molar-refractivity contribution in [1.29, 1.82) is 0 Å². The highest BCUT2D eigenvalue weighted by Crippen LogP contribution is 2.23. The third-order valence-electron chi connectivity index (χ3n) is 4.65. The molecule has 136 valence electrons. The van der Waals surface area contributed by atoms with Crippen LogP contribution in [0.15, 0.2) is 48.5 Å². The van der Waals surface area contributed by atoms with Gasteiger partial charge in [-0.2, -0.15) is 0 Å². The summed E-state index contributed by atoms with van der Waals surface area (Å²) in [7, 11) is 1.63. The van der Waals surface area contributed by atoms with Gasteiger partial charge < -0.3 is 15.0 Å². The largest absolute Gasteiger partial charge is 0.496 e. The molecule has 0 bridgehead atoms. The fraction of sp³-hybridized carbons (Fsp3) is 0.333. The number of hydrogen-bond donors (Lipinski definition) is 1. The van der Waals surface area contributed by atoms with Crippen LogP contribution in [0.3, 0.4) is 0 Å². The van der Waals surface area contributed by atoms with Crippen LogP contribution in [-0.2, 0) is 22.7 Å². The first kappa shape index (κ1) is 18.0. The second-order valence-corrected chi connectivity index (χ2v) is 6.70. The molecule has 3 rings (SSSR count). The average molecular weight is 352 g/mol. The van der Waals surface area contributed by atoms with Gasteiger partial charge in [0.1, 0.15) is 5.75 Å². The lowest BCUT2D eigenvalue weighted by Crippen LogP contribution is -2.36. The Morgan fingerprint density at radius 1 is 1.19 bits per heavy atom. The van der Waals surface area contributed by atoms with E-state index < -0.39 is 0 Å². The Balaban J connectivity index is 1.85. The van der Waals surface area contributed by atoms with Gasteiger partial charge in [-0.15, -0.1) is 0 Å². The molecule has 26 heavy (non-hydrogen) atoms. The number of nitrogens with zero attached hydrogens (tertiary/aromatic N) is 1. The van der Waals surface area contributed by atoms with Gasteiger partial charge in [0, 0.05) is 31.6 Å². The maximum Gasteiger partial charge on any atom is 0.228 e. The van der Waals surface area contributed by atoms with Crippen LogP contribution in [0, 0.1) is 12.8 Å². The molecule has 2 aromatic carbocycles. The number of carbonyl (C=O) groups is 2. The van der Waals surface area contributed by atoms with Gasteiger partial charge in [-0.1, -0.05) is 48.0 Å². The van der Waals surface area contributed by atoms with Gasteiger partial charge in [-0.25, -0.2) is 0 Å². The number of rotatable bonds is 6. The van der Waals surface area contributed by atoms with Crippen LogP contribution in [0.4, 0.5) is 0 Å². The van der Waals surface area contributed by atoms with Crippen molar-refractivity contribution >= 4 is 11.8 Å². The summed E-state index contributed by atoms with van der Waals surface area (Å²) in [5.74, 6) is 0.393. The fourth-order valence-corrected chi connectivity index (χ4v) is 3.32. The summed E-state index contributed by atoms with van der Waals surface area (Å²) in [6, 6.07) is 15.8. The van der Waals surface area contributed by atoms with E-state index in [1.807, 2.05) is 54.3 Å². The van der Waals surface area contributed by atoms with Gasteiger partial charge >= 0.3 is 0 Å². The Kier molecular flexibility index (Phi) is 5.56. The van der Waals surface area contributed by atoms with Crippen molar-refractivity contribution in [1.82, 2.24) is 10.2 Å². The highest BCUT2D eigenvalue weighted by atomic mass is 16.5. The smallest absolute Gasteiger partial charge is 0.228 e. The van der Waals surface area contributed by atoms with E-state index in [0.717, 1.165) is 22.4 Å². The molecule has 2 amide bonds. The first-order chi connectivity index (χ1) is 12.6. The maximum absolute atomic E-state index is 13.1. The standard InChI is InChI=1S/C21H24N2O3/c1-15-6-5-7-16(10-15)13-23(21(25)18-11-20(24)22-12-18)14-17-8-3-4-9-19(17)26-2/h3-10,18H,11-14H2,1-2H3,(H,22,24). The molecule has 1 unspecified atom stereocenters. The Bertz CT molecular complexity index is 803. The van der Waals surface area contributed by atoms with E-state index in [9.17, 15) is 9.59 Å². The van der Waals surface area contributed by atoms with Gasteiger partial charge in [-0.3, -0.25) is 9.59 Å². The quantitative estimate of drug-likeness (QED) is 0.870. The molecule has 5 heteroatoms. The Hall–Kier alpha value is -2.82. The molecule has 1 N–H and O–H groups in total. The van der Waals surface area contributed by atoms with Crippen LogP contribution >= 0.6 is 0 Å². The van der Waals surface area contributed by atoms with Crippen LogP contribution in [0.5, 0.6) is 5.75 Å². The van der Waals surface area contributed by atoms with E-state index in [2.05, 4.69) is 11.4 Å². The van der Waals surface area contributed by atoms with Gasteiger partial charge in [-0.05, 0) is 18.6 Å². The summed E-state index contributed by atoms with van der Waals surface area (Å²) in [6.07, 6.45) is 0.259. The predicted molar refractivity (Wildman–Crippen MR) is 99.5 cm³/mol. The third-order valence-corrected chi connectivity index (χ3v) is 4.65. The van der Waals surface area contributed by atoms with Crippen LogP contribution in [0.25, 0.3) is 0 Å². The van der Waals surface area contributed by atoms with Crippen molar-refractivity contribution in [3.8, 4) is 5.75 Å². The number of para-hydroxylation sites is 1. The number of hydrogen-bond acceptors (Lipinski definition) is 3. The molecule has 0 aliphatic carbocycles. The van der Waals surface area contributed by atoms with Gasteiger partial charge in [0.05, 0.1) is 13.0 Å². The molecule has 1 atom stereocenters. The molecule has 1 aliphatic rings. The van der Waals surface area contributed by atoms with Crippen molar-refractivity contribution in [2.24, 2.45) is 5.92 Å². The monoisotopic (exact) mass is 352 g/mol. The van der Waals surface area contributed by atoms with Crippen molar-refractivity contribution in [2.45, 2.75) is 26.4 Å². The SMILES string of the molecule is COc1ccccc1CN(Cc1cccc(C)c1)C(=O)C1CNC(=O)C1. The maximum atomic E-state index is 13.1. The number of nitrogens with one attached hydrogen (secondary N) is 1. The summed E-state index contributed by atoms with van der Waals surface area (Å²) in [6.45, 7) is 3.40. The Morgan fingerprint density at radius 3 is 2.69 bits per heavy atom. The third kappa shape index (κ3) is 4.23. The van der Waals surface area contributed by atoms with Crippen molar-refractivity contribution < 1.29 is 14.3 Å². The number of methoxy groups -OCH3 is 1. The summed E-state index contributed by atoms with van der Waals surface area (Å²) >= 11 is 0. The van der Waals surface area contributed by atoms with E-state index >= 15 is 0 Å². The number of benzene rings is 2. The summed E-state index contributed by atoms with van der Waals surface area (Å²) in [4.78, 5) is 26.4. The van der Waals surface area contributed by atoms with E-state index in [4.69, 9.17) is 4.74 Å². The predicted octanol–water partition coefficient (Wildman–Crippen LogP) is 2.67. The molecule has 0 aromatic heterocycles. The molecule has 1 saturated heterocycles. The number of carbonyl (C=O) groups excluding carboxylic acids is 2. The van der Waals surface area contributed by atoms with Gasteiger partial charge in [0.25, 0.3) is 0 Å². The minimum atomic E-state index is -0.304. The average Bonchev–Trinajstić information content (AvgIpc) is 3.07. The fourth-order valence-electron chi connectivity index (χ4n) is 3.32. The lowest BCUT2D eigenvalue weighted by atomic mass is 10.0. The van der Waals surface area contributed by atoms with Crippen molar-refractivity contribution in [3.05, 3.63) is 65.2 Å². The van der Waals surface area contributed by atoms with Crippen LogP contribution in [0.2, 0.25) is 0 Å². The van der Waals surface area contributed by atoms with E-state index in [0.29, 0.717) is 19.6 Å². The van der Waals surface area contributed by atoms with Gasteiger partial charge in [0.2, 0.25) is 11.8 Å². The molecule has 1 heterocycles. The summed E-state index contributed by atoms with van der Waals surface area (Å²) in [5.41, 5.74) is 3.18. The van der Waals surface area contributed by atoms with Crippen molar-refractivity contribution in [3.63, 3.8) is 0 Å². The Morgan fingerprint density at radius 2 is 2.00 bits per heavy atom. The molecule has 5 nitrogen and oxygen atoms in total.